The second-order valence-corrected chi connectivity index (χ2v) is 5.31. The van der Waals surface area contributed by atoms with Gasteiger partial charge in [-0.2, -0.15) is 0 Å². The molecule has 0 aliphatic carbocycles. The third kappa shape index (κ3) is 4.26. The van der Waals surface area contributed by atoms with Gasteiger partial charge in [0.05, 0.1) is 25.8 Å². The Morgan fingerprint density at radius 1 is 1.28 bits per heavy atom. The molecule has 0 unspecified atom stereocenters. The minimum atomic E-state index is -0.828. The van der Waals surface area contributed by atoms with E-state index in [0.717, 1.165) is 0 Å². The van der Waals surface area contributed by atoms with E-state index in [1.165, 1.54) is 18.6 Å². The quantitative estimate of drug-likeness (QED) is 0.734. The Bertz CT molecular complexity index is 730. The van der Waals surface area contributed by atoms with E-state index in [2.05, 4.69) is 25.5 Å². The smallest absolute Gasteiger partial charge is 0.318 e. The molecule has 132 valence electrons. The van der Waals surface area contributed by atoms with Crippen LogP contribution in [0.4, 0.5) is 4.79 Å². The number of carbonyl (C=O) groups is 2. The van der Waals surface area contributed by atoms with Crippen molar-refractivity contribution in [3.63, 3.8) is 0 Å². The van der Waals surface area contributed by atoms with Crippen molar-refractivity contribution >= 4 is 11.9 Å². The standard InChI is InChI=1S/C14H17N7O4/c15-11(22)7-9(18-14(23)21-3-5-24-6-4-21)12-19-20-13(25-12)10-8-16-1-2-17-10/h1-2,8-9H,3-7H2,(H2,15,22)(H,18,23)/t9-/m0/s1. The molecule has 3 N–H and O–H groups in total. The second kappa shape index (κ2) is 7.66. The van der Waals surface area contributed by atoms with Gasteiger partial charge in [0.25, 0.3) is 5.89 Å². The summed E-state index contributed by atoms with van der Waals surface area (Å²) in [5.41, 5.74) is 5.65. The molecule has 3 rings (SSSR count). The minimum Gasteiger partial charge on any atom is -0.417 e. The SMILES string of the molecule is NC(=O)C[C@H](NC(=O)N1CCOCC1)c1nnc(-c2cnccn2)o1. The molecule has 0 bridgehead atoms. The highest BCUT2D eigenvalue weighted by Gasteiger charge is 2.26. The van der Waals surface area contributed by atoms with Gasteiger partial charge in [0.1, 0.15) is 11.7 Å². The lowest BCUT2D eigenvalue weighted by Crippen LogP contribution is -2.47. The van der Waals surface area contributed by atoms with Gasteiger partial charge in [-0.3, -0.25) is 9.78 Å². The molecule has 0 spiro atoms. The van der Waals surface area contributed by atoms with E-state index < -0.39 is 11.9 Å². The van der Waals surface area contributed by atoms with E-state index >= 15 is 0 Å². The van der Waals surface area contributed by atoms with Gasteiger partial charge in [-0.15, -0.1) is 10.2 Å². The first kappa shape index (κ1) is 16.8. The summed E-state index contributed by atoms with van der Waals surface area (Å²) in [4.78, 5) is 33.2. The number of urea groups is 1. The van der Waals surface area contributed by atoms with Crippen LogP contribution in [-0.4, -0.2) is 63.3 Å². The third-order valence-electron chi connectivity index (χ3n) is 3.52. The molecule has 11 nitrogen and oxygen atoms in total. The maximum Gasteiger partial charge on any atom is 0.318 e. The Hall–Kier alpha value is -3.08. The molecule has 11 heteroatoms. The van der Waals surface area contributed by atoms with Gasteiger partial charge in [-0.05, 0) is 0 Å². The maximum absolute atomic E-state index is 12.3. The average Bonchev–Trinajstić information content (AvgIpc) is 3.12. The van der Waals surface area contributed by atoms with Crippen LogP contribution in [0.3, 0.4) is 0 Å². The molecule has 2 aromatic rings. The number of nitrogens with one attached hydrogen (secondary N) is 1. The third-order valence-corrected chi connectivity index (χ3v) is 3.52. The molecule has 3 amide bonds. The highest BCUT2D eigenvalue weighted by atomic mass is 16.5. The van der Waals surface area contributed by atoms with Crippen LogP contribution in [0.1, 0.15) is 18.4 Å². The van der Waals surface area contributed by atoms with Crippen LogP contribution in [0.15, 0.2) is 23.0 Å². The number of amides is 3. The predicted octanol–water partition coefficient (Wildman–Crippen LogP) is -0.515. The van der Waals surface area contributed by atoms with Gasteiger partial charge in [-0.25, -0.2) is 9.78 Å². The van der Waals surface area contributed by atoms with E-state index in [-0.39, 0.29) is 24.2 Å². The zero-order valence-electron chi connectivity index (χ0n) is 13.3. The van der Waals surface area contributed by atoms with Crippen molar-refractivity contribution in [2.24, 2.45) is 5.73 Å². The molecule has 1 aliphatic rings. The van der Waals surface area contributed by atoms with E-state index in [0.29, 0.717) is 32.0 Å². The summed E-state index contributed by atoms with van der Waals surface area (Å²) in [6.45, 7) is 1.85. The summed E-state index contributed by atoms with van der Waals surface area (Å²) in [7, 11) is 0. The van der Waals surface area contributed by atoms with Crippen molar-refractivity contribution in [1.82, 2.24) is 30.4 Å². The number of ether oxygens (including phenoxy) is 1. The average molecular weight is 347 g/mol. The summed E-state index contributed by atoms with van der Waals surface area (Å²) < 4.78 is 10.7. The predicted molar refractivity (Wildman–Crippen MR) is 82.8 cm³/mol. The van der Waals surface area contributed by atoms with Crippen LogP contribution in [0.2, 0.25) is 0 Å². The largest absolute Gasteiger partial charge is 0.417 e. The topological polar surface area (TPSA) is 149 Å². The van der Waals surface area contributed by atoms with Crippen molar-refractivity contribution in [1.29, 1.82) is 0 Å². The summed E-state index contributed by atoms with van der Waals surface area (Å²) in [6, 6.07) is -1.18. The molecule has 1 atom stereocenters. The molecule has 25 heavy (non-hydrogen) atoms. The van der Waals surface area contributed by atoms with E-state index in [4.69, 9.17) is 14.9 Å². The first-order valence-corrected chi connectivity index (χ1v) is 7.65. The molecule has 1 fully saturated rings. The number of hydrogen-bond donors (Lipinski definition) is 2. The summed E-state index contributed by atoms with van der Waals surface area (Å²) >= 11 is 0. The number of aromatic nitrogens is 4. The fourth-order valence-corrected chi connectivity index (χ4v) is 2.30. The molecule has 1 aliphatic heterocycles. The van der Waals surface area contributed by atoms with E-state index in [1.54, 1.807) is 4.90 Å². The van der Waals surface area contributed by atoms with Crippen LogP contribution < -0.4 is 11.1 Å². The van der Waals surface area contributed by atoms with E-state index in [1.807, 2.05) is 0 Å². The zero-order chi connectivity index (χ0) is 17.6. The van der Waals surface area contributed by atoms with Crippen molar-refractivity contribution in [2.45, 2.75) is 12.5 Å². The Kier molecular flexibility index (Phi) is 5.14. The molecule has 2 aromatic heterocycles. The van der Waals surface area contributed by atoms with Gasteiger partial charge in [-0.1, -0.05) is 0 Å². The number of nitrogens with zero attached hydrogens (tertiary/aromatic N) is 5. The molecule has 0 radical (unpaired) electrons. The van der Waals surface area contributed by atoms with Crippen LogP contribution in [-0.2, 0) is 9.53 Å². The summed E-state index contributed by atoms with van der Waals surface area (Å²) in [6.07, 6.45) is 4.30. The number of hydrogen-bond acceptors (Lipinski definition) is 8. The molecular formula is C14H17N7O4. The highest BCUT2D eigenvalue weighted by Crippen LogP contribution is 2.20. The van der Waals surface area contributed by atoms with Gasteiger partial charge in [0.15, 0.2) is 0 Å². The number of morpholine rings is 1. The molecule has 3 heterocycles. The molecule has 0 aromatic carbocycles. The number of primary amides is 1. The highest BCUT2D eigenvalue weighted by molar-refractivity contribution is 5.78. The minimum absolute atomic E-state index is 0.0704. The lowest BCUT2D eigenvalue weighted by molar-refractivity contribution is -0.118. The van der Waals surface area contributed by atoms with Crippen molar-refractivity contribution in [2.75, 3.05) is 26.3 Å². The monoisotopic (exact) mass is 347 g/mol. The Morgan fingerprint density at radius 3 is 2.76 bits per heavy atom. The summed E-state index contributed by atoms with van der Waals surface area (Å²) in [5.74, 6) is -0.397. The number of nitrogens with two attached hydrogens (primary N) is 1. The maximum atomic E-state index is 12.3. The van der Waals surface area contributed by atoms with Crippen LogP contribution in [0, 0.1) is 0 Å². The normalized spacial score (nSPS) is 15.6. The lowest BCUT2D eigenvalue weighted by Gasteiger charge is -2.28. The van der Waals surface area contributed by atoms with Gasteiger partial charge < -0.3 is 25.1 Å². The van der Waals surface area contributed by atoms with Crippen molar-refractivity contribution in [3.05, 3.63) is 24.5 Å². The van der Waals surface area contributed by atoms with Crippen molar-refractivity contribution < 1.29 is 18.7 Å². The Balaban J connectivity index is 1.75. The number of carbonyl (C=O) groups excluding carboxylic acids is 2. The van der Waals surface area contributed by atoms with E-state index in [9.17, 15) is 9.59 Å². The van der Waals surface area contributed by atoms with Crippen LogP contribution in [0.25, 0.3) is 11.6 Å². The lowest BCUT2D eigenvalue weighted by atomic mass is 10.2. The first-order valence-electron chi connectivity index (χ1n) is 7.65. The van der Waals surface area contributed by atoms with Crippen LogP contribution in [0.5, 0.6) is 0 Å². The van der Waals surface area contributed by atoms with Gasteiger partial charge >= 0.3 is 6.03 Å². The van der Waals surface area contributed by atoms with Gasteiger partial charge in [0.2, 0.25) is 11.8 Å². The van der Waals surface area contributed by atoms with Crippen molar-refractivity contribution in [3.8, 4) is 11.6 Å². The van der Waals surface area contributed by atoms with Gasteiger partial charge in [0, 0.05) is 25.5 Å². The van der Waals surface area contributed by atoms with Crippen LogP contribution >= 0.6 is 0 Å². The summed E-state index contributed by atoms with van der Waals surface area (Å²) in [5, 5.41) is 10.5. The molecular weight excluding hydrogens is 330 g/mol. The fraction of sp³-hybridized carbons (Fsp3) is 0.429. The Morgan fingerprint density at radius 2 is 2.08 bits per heavy atom. The number of rotatable bonds is 5. The fourth-order valence-electron chi connectivity index (χ4n) is 2.30. The molecule has 0 saturated carbocycles. The Labute approximate surface area is 142 Å². The first-order chi connectivity index (χ1) is 12.1. The molecule has 1 saturated heterocycles. The second-order valence-electron chi connectivity index (χ2n) is 5.31. The zero-order valence-corrected chi connectivity index (χ0v) is 13.3.